The van der Waals surface area contributed by atoms with E-state index in [0.29, 0.717) is 18.5 Å². The maximum atomic E-state index is 12.0. The fraction of sp³-hybridized carbons (Fsp3) is 0.368. The first-order valence-corrected chi connectivity index (χ1v) is 8.40. The molecule has 3 N–H and O–H groups in total. The van der Waals surface area contributed by atoms with Crippen LogP contribution < -0.4 is 16.0 Å². The van der Waals surface area contributed by atoms with Gasteiger partial charge in [-0.3, -0.25) is 9.79 Å². The van der Waals surface area contributed by atoms with E-state index in [1.807, 2.05) is 24.3 Å². The van der Waals surface area contributed by atoms with Crippen LogP contribution >= 0.6 is 0 Å². The summed E-state index contributed by atoms with van der Waals surface area (Å²) in [4.78, 5) is 16.3. The zero-order valence-corrected chi connectivity index (χ0v) is 15.2. The molecule has 2 aromatic rings. The van der Waals surface area contributed by atoms with Crippen LogP contribution in [0, 0.1) is 5.92 Å². The average molecular weight is 342 g/mol. The molecule has 0 aliphatic rings. The number of amides is 1. The van der Waals surface area contributed by atoms with E-state index < -0.39 is 0 Å². The molecule has 0 fully saturated rings. The topological polar surface area (TPSA) is 78.7 Å². The number of nitrogens with one attached hydrogen (secondary N) is 3. The summed E-state index contributed by atoms with van der Waals surface area (Å²) >= 11 is 0. The summed E-state index contributed by atoms with van der Waals surface area (Å²) < 4.78 is 5.10. The van der Waals surface area contributed by atoms with Gasteiger partial charge in [-0.1, -0.05) is 26.0 Å². The highest BCUT2D eigenvalue weighted by molar-refractivity contribution is 6.02. The lowest BCUT2D eigenvalue weighted by atomic mass is 10.1. The molecule has 1 heterocycles. The minimum atomic E-state index is -0.265. The highest BCUT2D eigenvalue weighted by Crippen LogP contribution is 2.12. The van der Waals surface area contributed by atoms with Crippen molar-refractivity contribution in [3.8, 4) is 0 Å². The monoisotopic (exact) mass is 342 g/mol. The van der Waals surface area contributed by atoms with Gasteiger partial charge in [0.1, 0.15) is 0 Å². The number of furan rings is 1. The molecule has 25 heavy (non-hydrogen) atoms. The van der Waals surface area contributed by atoms with Crippen molar-refractivity contribution < 1.29 is 9.21 Å². The zero-order chi connectivity index (χ0) is 18.2. The fourth-order valence-electron chi connectivity index (χ4n) is 2.12. The van der Waals surface area contributed by atoms with Crippen molar-refractivity contribution in [3.63, 3.8) is 0 Å². The molecule has 6 heteroatoms. The first-order chi connectivity index (χ1) is 12.0. The Hall–Kier alpha value is -2.76. The van der Waals surface area contributed by atoms with Gasteiger partial charge in [-0.05, 0) is 42.7 Å². The van der Waals surface area contributed by atoms with Crippen molar-refractivity contribution in [1.29, 1.82) is 0 Å². The summed E-state index contributed by atoms with van der Waals surface area (Å²) in [5.74, 6) is 1.29. The second-order valence-electron chi connectivity index (χ2n) is 6.23. The molecule has 0 spiro atoms. The summed E-state index contributed by atoms with van der Waals surface area (Å²) in [5, 5.41) is 9.47. The summed E-state index contributed by atoms with van der Waals surface area (Å²) in [6.07, 6.45) is 1.48. The fourth-order valence-corrected chi connectivity index (χ4v) is 2.12. The van der Waals surface area contributed by atoms with Gasteiger partial charge in [-0.25, -0.2) is 0 Å². The largest absolute Gasteiger partial charge is 0.459 e. The number of benzene rings is 1. The van der Waals surface area contributed by atoms with Gasteiger partial charge in [0.05, 0.1) is 6.26 Å². The third-order valence-electron chi connectivity index (χ3n) is 3.98. The average Bonchev–Trinajstić information content (AvgIpc) is 3.13. The Morgan fingerprint density at radius 2 is 2.00 bits per heavy atom. The van der Waals surface area contributed by atoms with Crippen LogP contribution in [0.5, 0.6) is 0 Å². The Morgan fingerprint density at radius 3 is 2.64 bits per heavy atom. The number of anilines is 1. The number of hydrogen-bond donors (Lipinski definition) is 3. The lowest BCUT2D eigenvalue weighted by molar-refractivity contribution is 0.0996. The summed E-state index contributed by atoms with van der Waals surface area (Å²) in [6, 6.07) is 11.3. The maximum absolute atomic E-state index is 12.0. The van der Waals surface area contributed by atoms with Crippen molar-refractivity contribution in [3.05, 3.63) is 54.0 Å². The molecule has 2 rings (SSSR count). The molecule has 1 atom stereocenters. The zero-order valence-electron chi connectivity index (χ0n) is 15.2. The van der Waals surface area contributed by atoms with Gasteiger partial charge in [0.15, 0.2) is 11.7 Å². The van der Waals surface area contributed by atoms with Crippen LogP contribution in [0.4, 0.5) is 5.69 Å². The molecule has 1 aromatic heterocycles. The molecule has 0 saturated carbocycles. The van der Waals surface area contributed by atoms with E-state index in [2.05, 4.69) is 41.7 Å². The molecular weight excluding hydrogens is 316 g/mol. The summed E-state index contributed by atoms with van der Waals surface area (Å²) in [6.45, 7) is 7.06. The van der Waals surface area contributed by atoms with E-state index in [1.54, 1.807) is 19.2 Å². The van der Waals surface area contributed by atoms with Crippen LogP contribution in [0.25, 0.3) is 0 Å². The van der Waals surface area contributed by atoms with Gasteiger partial charge < -0.3 is 20.4 Å². The number of hydrogen-bond acceptors (Lipinski definition) is 3. The molecule has 6 nitrogen and oxygen atoms in total. The number of guanidine groups is 1. The van der Waals surface area contributed by atoms with E-state index >= 15 is 0 Å². The third kappa shape index (κ3) is 5.67. The molecule has 134 valence electrons. The molecular formula is C19H26N4O2. The summed E-state index contributed by atoms with van der Waals surface area (Å²) in [7, 11) is 1.75. The molecule has 0 saturated heterocycles. The van der Waals surface area contributed by atoms with E-state index in [0.717, 1.165) is 17.2 Å². The van der Waals surface area contributed by atoms with E-state index in [9.17, 15) is 4.79 Å². The van der Waals surface area contributed by atoms with Gasteiger partial charge in [0.25, 0.3) is 5.91 Å². The predicted molar refractivity (Wildman–Crippen MR) is 101 cm³/mol. The normalized spacial score (nSPS) is 12.8. The molecule has 1 amide bonds. The first kappa shape index (κ1) is 18.6. The molecule has 0 aliphatic carbocycles. The minimum Gasteiger partial charge on any atom is -0.459 e. The second-order valence-corrected chi connectivity index (χ2v) is 6.23. The van der Waals surface area contributed by atoms with Crippen molar-refractivity contribution in [1.82, 2.24) is 10.6 Å². The Morgan fingerprint density at radius 1 is 1.20 bits per heavy atom. The summed E-state index contributed by atoms with van der Waals surface area (Å²) in [5.41, 5.74) is 1.76. The highest BCUT2D eigenvalue weighted by Gasteiger charge is 2.10. The van der Waals surface area contributed by atoms with Crippen molar-refractivity contribution in [2.24, 2.45) is 10.9 Å². The first-order valence-electron chi connectivity index (χ1n) is 8.40. The van der Waals surface area contributed by atoms with Crippen molar-refractivity contribution in [2.75, 3.05) is 12.4 Å². The predicted octanol–water partition coefficient (Wildman–Crippen LogP) is 3.24. The number of nitrogens with zero attached hydrogens (tertiary/aromatic N) is 1. The van der Waals surface area contributed by atoms with Gasteiger partial charge in [0, 0.05) is 25.3 Å². The van der Waals surface area contributed by atoms with Gasteiger partial charge in [0.2, 0.25) is 0 Å². The van der Waals surface area contributed by atoms with E-state index in [-0.39, 0.29) is 11.7 Å². The van der Waals surface area contributed by atoms with E-state index in [4.69, 9.17) is 4.42 Å². The van der Waals surface area contributed by atoms with Crippen LogP contribution in [0.1, 0.15) is 36.9 Å². The number of carbonyl (C=O) groups excluding carboxylic acids is 1. The standard InChI is InChI=1S/C19H26N4O2/c1-13(2)14(3)22-19(20-4)21-12-15-7-5-8-16(11-15)23-18(24)17-9-6-10-25-17/h5-11,13-14H,12H2,1-4H3,(H,23,24)(H2,20,21,22). The van der Waals surface area contributed by atoms with Crippen molar-refractivity contribution >= 4 is 17.6 Å². The van der Waals surface area contributed by atoms with Crippen LogP contribution in [0.3, 0.4) is 0 Å². The molecule has 1 unspecified atom stereocenters. The number of aliphatic imine (C=N–C) groups is 1. The van der Waals surface area contributed by atoms with Gasteiger partial charge >= 0.3 is 0 Å². The lowest BCUT2D eigenvalue weighted by Crippen LogP contribution is -2.43. The van der Waals surface area contributed by atoms with E-state index in [1.165, 1.54) is 6.26 Å². The Bertz CT molecular complexity index is 708. The molecule has 1 aromatic carbocycles. The Labute approximate surface area is 148 Å². The van der Waals surface area contributed by atoms with Crippen LogP contribution in [0.2, 0.25) is 0 Å². The second kappa shape index (κ2) is 8.92. The molecule has 0 aliphatic heterocycles. The minimum absolute atomic E-state index is 0.265. The Kier molecular flexibility index (Phi) is 6.62. The van der Waals surface area contributed by atoms with Gasteiger partial charge in [-0.15, -0.1) is 0 Å². The highest BCUT2D eigenvalue weighted by atomic mass is 16.3. The smallest absolute Gasteiger partial charge is 0.291 e. The SMILES string of the molecule is CN=C(NCc1cccc(NC(=O)c2ccco2)c1)NC(C)C(C)C. The quantitative estimate of drug-likeness (QED) is 0.556. The maximum Gasteiger partial charge on any atom is 0.291 e. The van der Waals surface area contributed by atoms with Crippen LogP contribution in [-0.4, -0.2) is 25.0 Å². The number of carbonyl (C=O) groups is 1. The third-order valence-corrected chi connectivity index (χ3v) is 3.98. The molecule has 0 bridgehead atoms. The van der Waals surface area contributed by atoms with Crippen LogP contribution in [0.15, 0.2) is 52.1 Å². The Balaban J connectivity index is 1.93. The number of rotatable bonds is 6. The molecule has 0 radical (unpaired) electrons. The lowest BCUT2D eigenvalue weighted by Gasteiger charge is -2.20. The van der Waals surface area contributed by atoms with Crippen LogP contribution in [-0.2, 0) is 6.54 Å². The van der Waals surface area contributed by atoms with Crippen molar-refractivity contribution in [2.45, 2.75) is 33.4 Å². The van der Waals surface area contributed by atoms with Gasteiger partial charge in [-0.2, -0.15) is 0 Å².